The van der Waals surface area contributed by atoms with Crippen LogP contribution in [0, 0.1) is 6.92 Å². The first kappa shape index (κ1) is 16.5. The minimum atomic E-state index is 0.803. The molecule has 0 atom stereocenters. The lowest BCUT2D eigenvalue weighted by Crippen LogP contribution is -1.91. The highest BCUT2D eigenvalue weighted by Gasteiger charge is 2.09. The van der Waals surface area contributed by atoms with E-state index in [0.29, 0.717) is 0 Å². The molecular weight excluding hydrogens is 340 g/mol. The second kappa shape index (κ2) is 7.14. The molecule has 0 bridgehead atoms. The lowest BCUT2D eigenvalue weighted by molar-refractivity contribution is 0.797. The van der Waals surface area contributed by atoms with Crippen LogP contribution < -0.4 is 5.43 Å². The Bertz CT molecular complexity index is 1060. The summed E-state index contributed by atoms with van der Waals surface area (Å²) >= 11 is 1.62. The van der Waals surface area contributed by atoms with Gasteiger partial charge in [0.25, 0.3) is 0 Å². The number of aromatic nitrogens is 2. The normalized spacial score (nSPS) is 11.5. The van der Waals surface area contributed by atoms with Gasteiger partial charge in [-0.05, 0) is 19.9 Å². The lowest BCUT2D eigenvalue weighted by Gasteiger charge is -1.97. The van der Waals surface area contributed by atoms with E-state index in [1.54, 1.807) is 11.3 Å². The van der Waals surface area contributed by atoms with Crippen molar-refractivity contribution in [3.05, 3.63) is 71.2 Å². The molecule has 4 nitrogen and oxygen atoms in total. The van der Waals surface area contributed by atoms with Gasteiger partial charge in [-0.15, -0.1) is 11.3 Å². The Balaban J connectivity index is 1.57. The van der Waals surface area contributed by atoms with Gasteiger partial charge >= 0.3 is 0 Å². The summed E-state index contributed by atoms with van der Waals surface area (Å²) in [6.07, 6.45) is 4.01. The van der Waals surface area contributed by atoms with E-state index in [1.165, 1.54) is 15.8 Å². The Kier molecular flexibility index (Phi) is 4.54. The summed E-state index contributed by atoms with van der Waals surface area (Å²) in [5.41, 5.74) is 7.56. The Morgan fingerprint density at radius 3 is 2.69 bits per heavy atom. The minimum absolute atomic E-state index is 0.803. The summed E-state index contributed by atoms with van der Waals surface area (Å²) in [5, 5.41) is 6.43. The molecule has 0 unspecified atom stereocenters. The third-order valence-electron chi connectivity index (χ3n) is 4.37. The van der Waals surface area contributed by atoms with Crippen molar-refractivity contribution in [3.63, 3.8) is 0 Å². The number of hydrogen-bond acceptors (Lipinski definition) is 4. The highest BCUT2D eigenvalue weighted by atomic mass is 32.1. The van der Waals surface area contributed by atoms with Crippen molar-refractivity contribution >= 4 is 33.6 Å². The number of nitrogens with one attached hydrogen (secondary N) is 1. The fourth-order valence-corrected chi connectivity index (χ4v) is 3.89. The molecule has 2 heterocycles. The molecule has 2 aromatic carbocycles. The summed E-state index contributed by atoms with van der Waals surface area (Å²) in [7, 11) is 0. The van der Waals surface area contributed by atoms with E-state index in [1.807, 2.05) is 24.4 Å². The van der Waals surface area contributed by atoms with Crippen molar-refractivity contribution in [1.29, 1.82) is 0 Å². The number of hydrazone groups is 1. The van der Waals surface area contributed by atoms with Crippen LogP contribution >= 0.6 is 11.3 Å². The van der Waals surface area contributed by atoms with E-state index < -0.39 is 0 Å². The lowest BCUT2D eigenvalue weighted by atomic mass is 10.1. The third kappa shape index (κ3) is 3.13. The number of anilines is 1. The quantitative estimate of drug-likeness (QED) is 0.375. The predicted molar refractivity (Wildman–Crippen MR) is 111 cm³/mol. The van der Waals surface area contributed by atoms with Gasteiger partial charge in [0.05, 0.1) is 11.9 Å². The molecule has 5 heteroatoms. The number of hydrogen-bond donors (Lipinski definition) is 1. The molecule has 4 rings (SSSR count). The smallest absolute Gasteiger partial charge is 0.204 e. The Morgan fingerprint density at radius 2 is 1.88 bits per heavy atom. The maximum atomic E-state index is 4.68. The van der Waals surface area contributed by atoms with E-state index in [2.05, 4.69) is 76.5 Å². The molecule has 0 amide bonds. The number of benzene rings is 2. The van der Waals surface area contributed by atoms with E-state index in [-0.39, 0.29) is 0 Å². The number of thiazole rings is 1. The molecule has 1 N–H and O–H groups in total. The van der Waals surface area contributed by atoms with E-state index in [0.717, 1.165) is 28.5 Å². The van der Waals surface area contributed by atoms with Crippen LogP contribution in [0.15, 0.2) is 65.9 Å². The predicted octanol–water partition coefficient (Wildman–Crippen LogP) is 5.54. The van der Waals surface area contributed by atoms with Crippen LogP contribution in [0.3, 0.4) is 0 Å². The molecule has 4 aromatic rings. The second-order valence-corrected chi connectivity index (χ2v) is 7.25. The van der Waals surface area contributed by atoms with Crippen molar-refractivity contribution < 1.29 is 0 Å². The number of fused-ring (bicyclic) bond motifs is 1. The fourth-order valence-electron chi connectivity index (χ4n) is 3.10. The zero-order valence-electron chi connectivity index (χ0n) is 14.8. The second-order valence-electron chi connectivity index (χ2n) is 6.05. The van der Waals surface area contributed by atoms with Crippen molar-refractivity contribution in [1.82, 2.24) is 9.55 Å². The molecule has 0 saturated heterocycles. The Morgan fingerprint density at radius 1 is 1.12 bits per heavy atom. The van der Waals surface area contributed by atoms with Crippen LogP contribution in [0.4, 0.5) is 5.13 Å². The molecule has 2 aromatic heterocycles. The highest BCUT2D eigenvalue weighted by molar-refractivity contribution is 7.15. The van der Waals surface area contributed by atoms with E-state index in [4.69, 9.17) is 0 Å². The first-order valence-electron chi connectivity index (χ1n) is 8.66. The van der Waals surface area contributed by atoms with Gasteiger partial charge in [0, 0.05) is 39.6 Å². The van der Waals surface area contributed by atoms with Gasteiger partial charge < -0.3 is 4.57 Å². The van der Waals surface area contributed by atoms with E-state index in [9.17, 15) is 0 Å². The molecule has 0 aliphatic rings. The van der Waals surface area contributed by atoms with Crippen molar-refractivity contribution in [2.45, 2.75) is 20.4 Å². The van der Waals surface area contributed by atoms with Crippen LogP contribution in [-0.4, -0.2) is 15.8 Å². The van der Waals surface area contributed by atoms with Gasteiger partial charge in [-0.25, -0.2) is 4.98 Å². The summed E-state index contributed by atoms with van der Waals surface area (Å²) in [4.78, 5) is 5.86. The third-order valence-corrected chi connectivity index (χ3v) is 5.24. The van der Waals surface area contributed by atoms with E-state index >= 15 is 0 Å². The standard InChI is InChI=1S/C21H20N4S/c1-3-25-14-17(18-11-7-8-12-19(18)25)13-22-24-21-23-20(15(2)26-21)16-9-5-4-6-10-16/h4-14H,3H2,1-2H3,(H,23,24)/b22-13-. The molecule has 0 aliphatic carbocycles. The summed E-state index contributed by atoms with van der Waals surface area (Å²) in [6.45, 7) is 5.17. The SMILES string of the molecule is CCn1cc(/C=N\Nc2nc(-c3ccccc3)c(C)s2)c2ccccc21. The number of nitrogens with zero attached hydrogens (tertiary/aromatic N) is 3. The molecule has 26 heavy (non-hydrogen) atoms. The maximum absolute atomic E-state index is 4.68. The summed E-state index contributed by atoms with van der Waals surface area (Å²) < 4.78 is 2.23. The largest absolute Gasteiger partial charge is 0.347 e. The Labute approximate surface area is 156 Å². The zero-order chi connectivity index (χ0) is 17.9. The molecule has 0 radical (unpaired) electrons. The molecule has 0 aliphatic heterocycles. The van der Waals surface area contributed by atoms with Gasteiger partial charge in [-0.2, -0.15) is 5.10 Å². The maximum Gasteiger partial charge on any atom is 0.204 e. The number of aryl methyl sites for hydroxylation is 2. The molecule has 0 spiro atoms. The van der Waals surface area contributed by atoms with Gasteiger partial charge in [0.15, 0.2) is 0 Å². The average Bonchev–Trinajstić information content (AvgIpc) is 3.23. The highest BCUT2D eigenvalue weighted by Crippen LogP contribution is 2.30. The topological polar surface area (TPSA) is 42.2 Å². The molecule has 130 valence electrons. The average molecular weight is 360 g/mol. The van der Waals surface area contributed by atoms with Crippen LogP contribution in [-0.2, 0) is 6.54 Å². The number of para-hydroxylation sites is 1. The van der Waals surface area contributed by atoms with Crippen LogP contribution in [0.1, 0.15) is 17.4 Å². The van der Waals surface area contributed by atoms with Crippen molar-refractivity contribution in [3.8, 4) is 11.3 Å². The zero-order valence-corrected chi connectivity index (χ0v) is 15.6. The van der Waals surface area contributed by atoms with Gasteiger partial charge in [0.2, 0.25) is 5.13 Å². The fraction of sp³-hybridized carbons (Fsp3) is 0.143. The van der Waals surface area contributed by atoms with Crippen LogP contribution in [0.25, 0.3) is 22.2 Å². The van der Waals surface area contributed by atoms with Crippen molar-refractivity contribution in [2.24, 2.45) is 5.10 Å². The first-order valence-corrected chi connectivity index (χ1v) is 9.47. The summed E-state index contributed by atoms with van der Waals surface area (Å²) in [5.74, 6) is 0. The molecular formula is C21H20N4S. The van der Waals surface area contributed by atoms with Crippen LogP contribution in [0.5, 0.6) is 0 Å². The van der Waals surface area contributed by atoms with Gasteiger partial charge in [0.1, 0.15) is 0 Å². The van der Waals surface area contributed by atoms with Crippen molar-refractivity contribution in [2.75, 3.05) is 5.43 Å². The minimum Gasteiger partial charge on any atom is -0.347 e. The molecule has 0 saturated carbocycles. The van der Waals surface area contributed by atoms with Gasteiger partial charge in [-0.1, -0.05) is 48.5 Å². The Hall–Kier alpha value is -2.92. The van der Waals surface area contributed by atoms with Gasteiger partial charge in [-0.3, -0.25) is 5.43 Å². The molecule has 0 fully saturated rings. The summed E-state index contributed by atoms with van der Waals surface area (Å²) in [6, 6.07) is 18.6. The first-order chi connectivity index (χ1) is 12.8. The van der Waals surface area contributed by atoms with Crippen LogP contribution in [0.2, 0.25) is 0 Å². The monoisotopic (exact) mass is 360 g/mol. The number of rotatable bonds is 5.